The van der Waals surface area contributed by atoms with Crippen LogP contribution in [0, 0.1) is 0 Å². The summed E-state index contributed by atoms with van der Waals surface area (Å²) in [7, 11) is 0. The maximum atomic E-state index is 13.3. The first-order valence-electron chi connectivity index (χ1n) is 19.5. The van der Waals surface area contributed by atoms with Crippen molar-refractivity contribution in [3.05, 3.63) is 155 Å². The van der Waals surface area contributed by atoms with Crippen molar-refractivity contribution in [2.45, 2.75) is 0 Å². The van der Waals surface area contributed by atoms with E-state index in [1.54, 1.807) is 24.3 Å². The Balaban J connectivity index is 1.07. The normalized spacial score (nSPS) is 10.6. The van der Waals surface area contributed by atoms with Crippen LogP contribution in [-0.2, 0) is 0 Å². The fourth-order valence-electron chi connectivity index (χ4n) is 5.97. The Hall–Kier alpha value is -10.6. The second kappa shape index (κ2) is 19.4. The Morgan fingerprint density at radius 2 is 0.471 bits per heavy atom. The topological polar surface area (TPSA) is 360 Å². The Morgan fingerprint density at radius 1 is 0.257 bits per heavy atom. The number of hydrogen-bond donors (Lipinski definition) is 10. The Bertz CT molecular complexity index is 3280. The Morgan fingerprint density at radius 3 is 0.729 bits per heavy atom. The van der Waals surface area contributed by atoms with Crippen molar-refractivity contribution in [3.63, 3.8) is 0 Å². The number of para-hydroxylation sites is 1. The van der Waals surface area contributed by atoms with Gasteiger partial charge in [0.1, 0.15) is 5.75 Å². The molecule has 0 unspecified atom stereocenters. The average Bonchev–Trinajstić information content (AvgIpc) is 3.33. The number of benzene rings is 7. The molecule has 0 aliphatic heterocycles. The maximum Gasteiger partial charge on any atom is 0.343 e. The molecule has 22 nitrogen and oxygen atoms in total. The van der Waals surface area contributed by atoms with E-state index in [9.17, 15) is 79.8 Å². The zero-order valence-corrected chi connectivity index (χ0v) is 34.9. The highest BCUT2D eigenvalue weighted by molar-refractivity contribution is 5.99. The third-order valence-corrected chi connectivity index (χ3v) is 9.43. The van der Waals surface area contributed by atoms with Crippen LogP contribution in [-0.4, -0.2) is 86.9 Å². The molecule has 0 bridgehead atoms. The summed E-state index contributed by atoms with van der Waals surface area (Å²) in [5.41, 5.74) is -3.01. The molecule has 0 spiro atoms. The Labute approximate surface area is 390 Å². The minimum absolute atomic E-state index is 0.0391. The van der Waals surface area contributed by atoms with Crippen molar-refractivity contribution < 1.29 is 108 Å². The van der Waals surface area contributed by atoms with Gasteiger partial charge in [0.05, 0.1) is 33.4 Å². The van der Waals surface area contributed by atoms with E-state index < -0.39 is 144 Å². The van der Waals surface area contributed by atoms with Crippen LogP contribution < -0.4 is 28.4 Å². The van der Waals surface area contributed by atoms with Crippen LogP contribution >= 0.6 is 0 Å². The van der Waals surface area contributed by atoms with Crippen molar-refractivity contribution >= 4 is 35.8 Å². The van der Waals surface area contributed by atoms with Crippen LogP contribution in [0.2, 0.25) is 0 Å². The molecular weight excluding hydrogens is 929 g/mol. The molecule has 0 fully saturated rings. The first kappa shape index (κ1) is 47.3. The van der Waals surface area contributed by atoms with Crippen molar-refractivity contribution in [2.24, 2.45) is 0 Å². The van der Waals surface area contributed by atoms with E-state index in [1.165, 1.54) is 36.4 Å². The van der Waals surface area contributed by atoms with Crippen molar-refractivity contribution in [2.75, 3.05) is 0 Å². The van der Waals surface area contributed by atoms with Crippen molar-refractivity contribution in [3.8, 4) is 92.0 Å². The lowest BCUT2D eigenvalue weighted by atomic mass is 10.1. The van der Waals surface area contributed by atoms with Crippen molar-refractivity contribution in [1.82, 2.24) is 0 Å². The second-order valence-corrected chi connectivity index (χ2v) is 14.2. The Kier molecular flexibility index (Phi) is 13.1. The van der Waals surface area contributed by atoms with E-state index in [1.807, 2.05) is 0 Å². The molecule has 0 aliphatic carbocycles. The van der Waals surface area contributed by atoms with E-state index in [4.69, 9.17) is 28.4 Å². The summed E-state index contributed by atoms with van der Waals surface area (Å²) in [6.45, 7) is 0. The van der Waals surface area contributed by atoms with Crippen LogP contribution in [0.3, 0.4) is 0 Å². The zero-order chi connectivity index (χ0) is 50.6. The largest absolute Gasteiger partial charge is 0.504 e. The summed E-state index contributed by atoms with van der Waals surface area (Å²) in [5, 5.41) is 104. The summed E-state index contributed by atoms with van der Waals surface area (Å²) in [5.74, 6) is -22.4. The summed E-state index contributed by atoms with van der Waals surface area (Å²) in [6, 6.07) is 22.1. The molecule has 0 heterocycles. The molecule has 70 heavy (non-hydrogen) atoms. The number of rotatable bonds is 12. The molecule has 0 saturated heterocycles. The molecule has 22 heteroatoms. The predicted molar refractivity (Wildman–Crippen MR) is 231 cm³/mol. The lowest BCUT2D eigenvalue weighted by Gasteiger charge is -2.14. The van der Waals surface area contributed by atoms with Gasteiger partial charge in [0.15, 0.2) is 57.5 Å². The fraction of sp³-hybridized carbons (Fsp3) is 0. The number of carbonyl (C=O) groups is 6. The van der Waals surface area contributed by atoms with Crippen LogP contribution in [0.4, 0.5) is 0 Å². The highest BCUT2D eigenvalue weighted by Gasteiger charge is 2.27. The zero-order valence-electron chi connectivity index (χ0n) is 34.9. The molecule has 0 radical (unpaired) electrons. The molecule has 10 N–H and O–H groups in total. The van der Waals surface area contributed by atoms with Gasteiger partial charge in [0.2, 0.25) is 28.7 Å². The highest BCUT2D eigenvalue weighted by Crippen LogP contribution is 2.43. The van der Waals surface area contributed by atoms with Crippen LogP contribution in [0.5, 0.6) is 92.0 Å². The summed E-state index contributed by atoms with van der Waals surface area (Å²) in [6.07, 6.45) is 0. The third kappa shape index (κ3) is 10.2. The van der Waals surface area contributed by atoms with E-state index in [0.29, 0.717) is 42.5 Å². The van der Waals surface area contributed by atoms with Crippen LogP contribution in [0.15, 0.2) is 121 Å². The average molecular weight is 959 g/mol. The summed E-state index contributed by atoms with van der Waals surface area (Å²) < 4.78 is 30.8. The van der Waals surface area contributed by atoms with Gasteiger partial charge in [-0.25, -0.2) is 28.8 Å². The monoisotopic (exact) mass is 958 g/mol. The standard InChI is InChI=1S/C48H30O22/c49-28-11-22(44(60)65-27-9-5-2-6-10-27)16-34(39(28)55)67-46(62)24-13-30(51)41(57)36(18-24)69-48(64)26-15-32(53)42(58)37(20-26)70-47(63)25-14-31(52)40(56)35(19-25)68-45(61)23-12-29(50)38(54)33(17-23)66-43(59)21-7-3-1-4-8-21/h1-20,49-58H. The number of phenolic OH excluding ortho intramolecular Hbond substituents is 10. The highest BCUT2D eigenvalue weighted by atomic mass is 16.6. The smallest absolute Gasteiger partial charge is 0.343 e. The van der Waals surface area contributed by atoms with Gasteiger partial charge in [-0.15, -0.1) is 0 Å². The quantitative estimate of drug-likeness (QED) is 0.0378. The SMILES string of the molecule is O=C(Oc1ccccc1)c1cc(O)c(O)c(OC(=O)c2cc(O)c(O)c(OC(=O)c3cc(O)c(O)c(OC(=O)c4cc(O)c(O)c(OC(=O)c5cc(O)c(O)c(OC(=O)c6ccccc6)c5)c4)c3)c2)c1. The number of aromatic hydroxyl groups is 10. The molecule has 0 saturated carbocycles. The molecular formula is C48H30O22. The first-order valence-corrected chi connectivity index (χ1v) is 19.5. The van der Waals surface area contributed by atoms with Gasteiger partial charge in [-0.2, -0.15) is 0 Å². The number of phenols is 10. The molecule has 0 amide bonds. The molecule has 7 rings (SSSR count). The maximum absolute atomic E-state index is 13.3. The van der Waals surface area contributed by atoms with Crippen LogP contribution in [0.25, 0.3) is 0 Å². The number of esters is 6. The van der Waals surface area contributed by atoms with Gasteiger partial charge in [0, 0.05) is 0 Å². The van der Waals surface area contributed by atoms with E-state index >= 15 is 0 Å². The third-order valence-electron chi connectivity index (χ3n) is 9.43. The number of ether oxygens (including phenoxy) is 6. The minimum Gasteiger partial charge on any atom is -0.504 e. The molecule has 7 aromatic carbocycles. The minimum atomic E-state index is -1.50. The second-order valence-electron chi connectivity index (χ2n) is 14.2. The van der Waals surface area contributed by atoms with Gasteiger partial charge in [-0.05, 0) is 84.9 Å². The summed E-state index contributed by atoms with van der Waals surface area (Å²) in [4.78, 5) is 78.3. The van der Waals surface area contributed by atoms with Gasteiger partial charge in [-0.3, -0.25) is 0 Å². The number of hydrogen-bond acceptors (Lipinski definition) is 22. The molecule has 0 atom stereocenters. The lowest BCUT2D eigenvalue weighted by molar-refractivity contribution is 0.0699. The van der Waals surface area contributed by atoms with Gasteiger partial charge in [0.25, 0.3) is 0 Å². The van der Waals surface area contributed by atoms with E-state index in [2.05, 4.69) is 0 Å². The first-order chi connectivity index (χ1) is 33.3. The van der Waals surface area contributed by atoms with Gasteiger partial charge in [-0.1, -0.05) is 36.4 Å². The lowest BCUT2D eigenvalue weighted by Crippen LogP contribution is -2.14. The van der Waals surface area contributed by atoms with Crippen molar-refractivity contribution in [1.29, 1.82) is 0 Å². The summed E-state index contributed by atoms with van der Waals surface area (Å²) >= 11 is 0. The predicted octanol–water partition coefficient (Wildman–Crippen LogP) is 6.06. The van der Waals surface area contributed by atoms with Gasteiger partial charge >= 0.3 is 35.8 Å². The molecule has 0 aromatic heterocycles. The van der Waals surface area contributed by atoms with E-state index in [-0.39, 0.29) is 16.9 Å². The molecule has 0 aliphatic rings. The molecule has 7 aromatic rings. The van der Waals surface area contributed by atoms with Crippen LogP contribution in [0.1, 0.15) is 62.1 Å². The van der Waals surface area contributed by atoms with E-state index in [0.717, 1.165) is 18.2 Å². The fourth-order valence-corrected chi connectivity index (χ4v) is 5.97. The number of carbonyl (C=O) groups excluding carboxylic acids is 6. The van der Waals surface area contributed by atoms with Gasteiger partial charge < -0.3 is 79.5 Å². The molecule has 354 valence electrons.